The van der Waals surface area contributed by atoms with E-state index in [2.05, 4.69) is 9.97 Å². The normalized spacial score (nSPS) is 16.0. The minimum absolute atomic E-state index is 0.301. The Morgan fingerprint density at radius 2 is 2.15 bits per heavy atom. The van der Waals surface area contributed by atoms with Gasteiger partial charge in [0, 0.05) is 18.5 Å². The molecular formula is C14H13N3O3. The van der Waals surface area contributed by atoms with Crippen LogP contribution in [0.2, 0.25) is 0 Å². The van der Waals surface area contributed by atoms with Gasteiger partial charge < -0.3 is 9.84 Å². The van der Waals surface area contributed by atoms with Crippen molar-refractivity contribution in [3.8, 4) is 11.8 Å². The van der Waals surface area contributed by atoms with Crippen molar-refractivity contribution >= 4 is 5.70 Å². The zero-order valence-corrected chi connectivity index (χ0v) is 11.1. The molecule has 1 N–H and O–H groups in total. The van der Waals surface area contributed by atoms with Crippen LogP contribution in [0.4, 0.5) is 0 Å². The van der Waals surface area contributed by atoms with E-state index >= 15 is 0 Å². The van der Waals surface area contributed by atoms with Gasteiger partial charge in [-0.3, -0.25) is 4.57 Å². The second kappa shape index (κ2) is 4.19. The number of rotatable bonds is 1. The molecule has 2 aromatic heterocycles. The molecule has 0 aliphatic carbocycles. The van der Waals surface area contributed by atoms with Crippen molar-refractivity contribution in [2.24, 2.45) is 0 Å². The van der Waals surface area contributed by atoms with Gasteiger partial charge in [0.2, 0.25) is 11.8 Å². The Bertz CT molecular complexity index is 762. The molecule has 0 fully saturated rings. The molecule has 6 nitrogen and oxygen atoms in total. The highest BCUT2D eigenvalue weighted by Gasteiger charge is 2.28. The van der Waals surface area contributed by atoms with E-state index in [4.69, 9.17) is 4.74 Å². The maximum absolute atomic E-state index is 11.9. The van der Waals surface area contributed by atoms with E-state index in [0.717, 1.165) is 0 Å². The van der Waals surface area contributed by atoms with Gasteiger partial charge in [0.05, 0.1) is 11.3 Å². The molecule has 102 valence electrons. The molecule has 0 bridgehead atoms. The van der Waals surface area contributed by atoms with E-state index in [0.29, 0.717) is 17.1 Å². The highest BCUT2D eigenvalue weighted by molar-refractivity contribution is 5.71. The topological polar surface area (TPSA) is 77.2 Å². The van der Waals surface area contributed by atoms with Crippen LogP contribution in [0.1, 0.15) is 19.4 Å². The Balaban J connectivity index is 2.25. The van der Waals surface area contributed by atoms with Crippen LogP contribution in [-0.4, -0.2) is 25.2 Å². The van der Waals surface area contributed by atoms with E-state index in [9.17, 15) is 9.90 Å². The summed E-state index contributed by atoms with van der Waals surface area (Å²) in [6.45, 7) is 3.76. The molecule has 0 spiro atoms. The molecule has 2 aromatic rings. The van der Waals surface area contributed by atoms with Crippen molar-refractivity contribution in [1.82, 2.24) is 14.5 Å². The zero-order valence-electron chi connectivity index (χ0n) is 11.1. The summed E-state index contributed by atoms with van der Waals surface area (Å²) in [5, 5.41) is 9.25. The Kier molecular flexibility index (Phi) is 2.60. The average Bonchev–Trinajstić information content (AvgIpc) is 2.37. The van der Waals surface area contributed by atoms with Crippen LogP contribution in [0.25, 0.3) is 5.70 Å². The fourth-order valence-corrected chi connectivity index (χ4v) is 2.13. The molecule has 6 heteroatoms. The molecule has 1 aliphatic rings. The van der Waals surface area contributed by atoms with Crippen LogP contribution in [0.3, 0.4) is 0 Å². The van der Waals surface area contributed by atoms with Crippen LogP contribution in [0, 0.1) is 0 Å². The number of ether oxygens (including phenoxy) is 1. The second-order valence-electron chi connectivity index (χ2n) is 5.03. The fourth-order valence-electron chi connectivity index (χ4n) is 2.13. The third-order valence-electron chi connectivity index (χ3n) is 2.94. The smallest absolute Gasteiger partial charge is 0.355 e. The number of nitrogens with zero attached hydrogens (tertiary/aromatic N) is 3. The van der Waals surface area contributed by atoms with E-state index in [1.54, 1.807) is 12.3 Å². The lowest BCUT2D eigenvalue weighted by Crippen LogP contribution is -2.33. The van der Waals surface area contributed by atoms with Gasteiger partial charge in [-0.05, 0) is 32.1 Å². The first-order chi connectivity index (χ1) is 9.46. The molecular weight excluding hydrogens is 258 g/mol. The van der Waals surface area contributed by atoms with Crippen LogP contribution in [-0.2, 0) is 0 Å². The van der Waals surface area contributed by atoms with Gasteiger partial charge in [-0.1, -0.05) is 0 Å². The highest BCUT2D eigenvalue weighted by atomic mass is 16.5. The lowest BCUT2D eigenvalue weighted by atomic mass is 10.0. The van der Waals surface area contributed by atoms with Crippen LogP contribution < -0.4 is 10.4 Å². The third-order valence-corrected chi connectivity index (χ3v) is 2.94. The SMILES string of the molecule is CC1(C)C=C(n2ccc(O)nc2=O)c2cccnc2O1. The van der Waals surface area contributed by atoms with Crippen molar-refractivity contribution in [1.29, 1.82) is 0 Å². The van der Waals surface area contributed by atoms with Crippen molar-refractivity contribution in [3.63, 3.8) is 0 Å². The summed E-state index contributed by atoms with van der Waals surface area (Å²) in [5.41, 5.74) is 0.209. The van der Waals surface area contributed by atoms with Gasteiger partial charge in [-0.25, -0.2) is 9.78 Å². The summed E-state index contributed by atoms with van der Waals surface area (Å²) in [5.74, 6) is 0.166. The first kappa shape index (κ1) is 12.4. The fraction of sp³-hybridized carbons (Fsp3) is 0.214. The van der Waals surface area contributed by atoms with E-state index in [1.165, 1.54) is 16.8 Å². The Morgan fingerprint density at radius 1 is 1.35 bits per heavy atom. The van der Waals surface area contributed by atoms with Crippen molar-refractivity contribution in [2.45, 2.75) is 19.4 Å². The lowest BCUT2D eigenvalue weighted by Gasteiger charge is -2.30. The monoisotopic (exact) mass is 271 g/mol. The molecule has 0 atom stereocenters. The molecule has 0 amide bonds. The summed E-state index contributed by atoms with van der Waals surface area (Å²) < 4.78 is 7.13. The van der Waals surface area contributed by atoms with Gasteiger partial charge in [-0.2, -0.15) is 4.98 Å². The molecule has 0 saturated heterocycles. The summed E-state index contributed by atoms with van der Waals surface area (Å²) in [7, 11) is 0. The van der Waals surface area contributed by atoms with E-state index in [1.807, 2.05) is 26.0 Å². The number of aromatic nitrogens is 3. The lowest BCUT2D eigenvalue weighted by molar-refractivity contribution is 0.149. The standard InChI is InChI=1S/C14H13N3O3/c1-14(2)8-10(9-4-3-6-15-12(9)20-14)17-7-5-11(18)16-13(17)19/h3-8H,1-2H3,(H,16,18,19). The predicted molar refractivity (Wildman–Crippen MR) is 72.5 cm³/mol. The largest absolute Gasteiger partial charge is 0.493 e. The number of aromatic hydroxyl groups is 1. The van der Waals surface area contributed by atoms with Crippen LogP contribution >= 0.6 is 0 Å². The molecule has 0 unspecified atom stereocenters. The summed E-state index contributed by atoms with van der Waals surface area (Å²) in [6.07, 6.45) is 4.95. The van der Waals surface area contributed by atoms with Gasteiger partial charge in [0.1, 0.15) is 5.60 Å². The van der Waals surface area contributed by atoms with Gasteiger partial charge >= 0.3 is 5.69 Å². The number of fused-ring (bicyclic) bond motifs is 1. The molecule has 3 heterocycles. The van der Waals surface area contributed by atoms with Crippen LogP contribution in [0.15, 0.2) is 41.5 Å². The molecule has 1 aliphatic heterocycles. The zero-order chi connectivity index (χ0) is 14.3. The van der Waals surface area contributed by atoms with Crippen molar-refractivity contribution in [3.05, 3.63) is 52.7 Å². The first-order valence-electron chi connectivity index (χ1n) is 6.13. The number of hydrogen-bond donors (Lipinski definition) is 1. The molecule has 0 radical (unpaired) electrons. The first-order valence-corrected chi connectivity index (χ1v) is 6.13. The Morgan fingerprint density at radius 3 is 2.90 bits per heavy atom. The molecule has 20 heavy (non-hydrogen) atoms. The molecule has 0 saturated carbocycles. The van der Waals surface area contributed by atoms with Crippen molar-refractivity contribution < 1.29 is 9.84 Å². The summed E-state index contributed by atoms with van der Waals surface area (Å²) >= 11 is 0. The minimum Gasteiger partial charge on any atom is -0.493 e. The minimum atomic E-state index is -0.589. The Hall–Kier alpha value is -2.63. The third kappa shape index (κ3) is 2.05. The summed E-state index contributed by atoms with van der Waals surface area (Å²) in [4.78, 5) is 19.7. The predicted octanol–water partition coefficient (Wildman–Crippen LogP) is 1.40. The maximum atomic E-state index is 11.9. The summed E-state index contributed by atoms with van der Waals surface area (Å²) in [6, 6.07) is 4.96. The quantitative estimate of drug-likeness (QED) is 0.848. The van der Waals surface area contributed by atoms with Gasteiger partial charge in [0.25, 0.3) is 0 Å². The Labute approximate surface area is 115 Å². The highest BCUT2D eigenvalue weighted by Crippen LogP contribution is 2.34. The average molecular weight is 271 g/mol. The maximum Gasteiger partial charge on any atom is 0.355 e. The second-order valence-corrected chi connectivity index (χ2v) is 5.03. The van der Waals surface area contributed by atoms with Crippen LogP contribution in [0.5, 0.6) is 11.8 Å². The molecule has 0 aromatic carbocycles. The van der Waals surface area contributed by atoms with Gasteiger partial charge in [-0.15, -0.1) is 0 Å². The number of hydrogen-bond acceptors (Lipinski definition) is 5. The van der Waals surface area contributed by atoms with E-state index in [-0.39, 0.29) is 5.88 Å². The molecule has 3 rings (SSSR count). The van der Waals surface area contributed by atoms with Crippen molar-refractivity contribution in [2.75, 3.05) is 0 Å². The van der Waals surface area contributed by atoms with Gasteiger partial charge in [0.15, 0.2) is 0 Å². The number of pyridine rings is 1. The van der Waals surface area contributed by atoms with E-state index < -0.39 is 11.3 Å².